The number of hydrogen-bond acceptors (Lipinski definition) is 6. The fraction of sp³-hybridized carbons (Fsp3) is 0.643. The zero-order valence-corrected chi connectivity index (χ0v) is 13.4. The van der Waals surface area contributed by atoms with E-state index in [9.17, 15) is 19.5 Å². The van der Waals surface area contributed by atoms with Gasteiger partial charge in [-0.05, 0) is 19.3 Å². The molecule has 1 unspecified atom stereocenters. The standard InChI is InChI=1S/C14H19N3O5S/c15-9-11(18)17-10(13(19)20)8(7-23-12(9)17)6-22-14(21)16-4-2-1-3-5-16/h9,12H,1-7,15H2,(H,19,20)/t9?,12-/m1/s1. The van der Waals surface area contributed by atoms with Crippen molar-refractivity contribution in [1.29, 1.82) is 0 Å². The van der Waals surface area contributed by atoms with Gasteiger partial charge >= 0.3 is 12.1 Å². The summed E-state index contributed by atoms with van der Waals surface area (Å²) in [6.07, 6.45) is 2.58. The van der Waals surface area contributed by atoms with Crippen LogP contribution in [0.25, 0.3) is 0 Å². The van der Waals surface area contributed by atoms with E-state index in [1.807, 2.05) is 0 Å². The summed E-state index contributed by atoms with van der Waals surface area (Å²) in [7, 11) is 0. The van der Waals surface area contributed by atoms with Gasteiger partial charge < -0.3 is 20.5 Å². The number of carboxylic acids is 1. The number of piperidine rings is 1. The fourth-order valence-electron chi connectivity index (χ4n) is 3.01. The Balaban J connectivity index is 1.68. The van der Waals surface area contributed by atoms with Crippen LogP contribution in [0.15, 0.2) is 11.3 Å². The lowest BCUT2D eigenvalue weighted by molar-refractivity contribution is -0.148. The summed E-state index contributed by atoms with van der Waals surface area (Å²) >= 11 is 1.40. The number of fused-ring (bicyclic) bond motifs is 1. The van der Waals surface area contributed by atoms with Gasteiger partial charge in [-0.2, -0.15) is 0 Å². The number of amides is 2. The SMILES string of the molecule is NC1C(=O)N2C(C(=O)O)=C(COC(=O)N3CCCCC3)CS[C@H]12. The molecule has 0 radical (unpaired) electrons. The van der Waals surface area contributed by atoms with Crippen LogP contribution in [0.4, 0.5) is 4.79 Å². The van der Waals surface area contributed by atoms with Gasteiger partial charge in [0, 0.05) is 24.4 Å². The highest BCUT2D eigenvalue weighted by atomic mass is 32.2. The summed E-state index contributed by atoms with van der Waals surface area (Å²) in [5.74, 6) is -1.21. The van der Waals surface area contributed by atoms with E-state index in [4.69, 9.17) is 10.5 Å². The van der Waals surface area contributed by atoms with Crippen LogP contribution in [0.2, 0.25) is 0 Å². The molecule has 2 fully saturated rings. The van der Waals surface area contributed by atoms with Crippen molar-refractivity contribution in [2.75, 3.05) is 25.4 Å². The summed E-state index contributed by atoms with van der Waals surface area (Å²) in [6, 6.07) is -0.660. The first-order chi connectivity index (χ1) is 11.0. The Hall–Kier alpha value is -1.74. The number of carbonyl (C=O) groups is 3. The van der Waals surface area contributed by atoms with Crippen LogP contribution in [0.3, 0.4) is 0 Å². The highest BCUT2D eigenvalue weighted by molar-refractivity contribution is 8.00. The Morgan fingerprint density at radius 2 is 2.00 bits per heavy atom. The molecular formula is C14H19N3O5S. The minimum atomic E-state index is -1.19. The molecule has 8 nitrogen and oxygen atoms in total. The summed E-state index contributed by atoms with van der Waals surface area (Å²) in [4.78, 5) is 38.2. The van der Waals surface area contributed by atoms with Crippen molar-refractivity contribution in [1.82, 2.24) is 9.80 Å². The lowest BCUT2D eigenvalue weighted by Crippen LogP contribution is -2.68. The third kappa shape index (κ3) is 2.90. The molecule has 23 heavy (non-hydrogen) atoms. The first-order valence-electron chi connectivity index (χ1n) is 7.58. The Morgan fingerprint density at radius 1 is 1.30 bits per heavy atom. The van der Waals surface area contributed by atoms with Crippen LogP contribution in [0, 0.1) is 0 Å². The molecule has 0 saturated carbocycles. The fourth-order valence-corrected chi connectivity index (χ4v) is 4.28. The Bertz CT molecular complexity index is 573. The second-order valence-corrected chi connectivity index (χ2v) is 6.90. The van der Waals surface area contributed by atoms with Crippen molar-refractivity contribution < 1.29 is 24.2 Å². The summed E-state index contributed by atoms with van der Waals surface area (Å²) < 4.78 is 5.25. The number of carboxylic acid groups (broad SMARTS) is 1. The highest BCUT2D eigenvalue weighted by Crippen LogP contribution is 2.39. The van der Waals surface area contributed by atoms with Crippen LogP contribution in [0.1, 0.15) is 19.3 Å². The van der Waals surface area contributed by atoms with Crippen LogP contribution >= 0.6 is 11.8 Å². The molecule has 0 aromatic heterocycles. The molecule has 0 aromatic rings. The predicted molar refractivity (Wildman–Crippen MR) is 82.5 cm³/mol. The molecule has 3 heterocycles. The monoisotopic (exact) mass is 341 g/mol. The van der Waals surface area contributed by atoms with E-state index in [2.05, 4.69) is 0 Å². The second kappa shape index (κ2) is 6.40. The molecule has 2 saturated heterocycles. The van der Waals surface area contributed by atoms with Crippen molar-refractivity contribution in [3.8, 4) is 0 Å². The molecule has 126 valence electrons. The van der Waals surface area contributed by atoms with Gasteiger partial charge in [-0.15, -0.1) is 11.8 Å². The zero-order valence-electron chi connectivity index (χ0n) is 12.6. The largest absolute Gasteiger partial charge is 0.477 e. The van der Waals surface area contributed by atoms with Gasteiger partial charge in [-0.1, -0.05) is 0 Å². The van der Waals surface area contributed by atoms with Crippen LogP contribution < -0.4 is 5.73 Å². The molecule has 9 heteroatoms. The maximum absolute atomic E-state index is 12.0. The summed E-state index contributed by atoms with van der Waals surface area (Å²) in [5, 5.41) is 9.06. The highest BCUT2D eigenvalue weighted by Gasteiger charge is 2.51. The average Bonchev–Trinajstić information content (AvgIpc) is 2.58. The molecule has 3 rings (SSSR count). The topological polar surface area (TPSA) is 113 Å². The van der Waals surface area contributed by atoms with E-state index in [1.54, 1.807) is 4.90 Å². The quantitative estimate of drug-likeness (QED) is 0.704. The zero-order chi connectivity index (χ0) is 16.6. The van der Waals surface area contributed by atoms with Gasteiger partial charge in [-0.3, -0.25) is 9.69 Å². The first-order valence-corrected chi connectivity index (χ1v) is 8.63. The molecule has 0 aliphatic carbocycles. The number of nitrogens with two attached hydrogens (primary N) is 1. The molecule has 0 spiro atoms. The molecule has 3 aliphatic heterocycles. The van der Waals surface area contributed by atoms with Crippen LogP contribution in [-0.2, 0) is 14.3 Å². The molecule has 0 bridgehead atoms. The number of hydrogen-bond donors (Lipinski definition) is 2. The number of thioether (sulfide) groups is 1. The minimum absolute atomic E-state index is 0.0908. The second-order valence-electron chi connectivity index (χ2n) is 5.80. The normalized spacial score (nSPS) is 27.4. The number of aliphatic carboxylic acids is 1. The third-order valence-electron chi connectivity index (χ3n) is 4.28. The lowest BCUT2D eigenvalue weighted by Gasteiger charge is -2.47. The van der Waals surface area contributed by atoms with E-state index in [-0.39, 0.29) is 17.7 Å². The number of rotatable bonds is 3. The Kier molecular flexibility index (Phi) is 4.49. The van der Waals surface area contributed by atoms with Crippen molar-refractivity contribution >= 4 is 29.7 Å². The maximum atomic E-state index is 12.0. The Labute approximate surface area is 137 Å². The minimum Gasteiger partial charge on any atom is -0.477 e. The average molecular weight is 341 g/mol. The molecule has 3 N–H and O–H groups in total. The molecule has 0 aromatic carbocycles. The van der Waals surface area contributed by atoms with Crippen molar-refractivity contribution in [3.05, 3.63) is 11.3 Å². The molecular weight excluding hydrogens is 322 g/mol. The Morgan fingerprint density at radius 3 is 2.65 bits per heavy atom. The molecule has 3 aliphatic rings. The van der Waals surface area contributed by atoms with E-state index in [0.29, 0.717) is 24.4 Å². The lowest BCUT2D eigenvalue weighted by atomic mass is 10.0. The number of ether oxygens (including phenoxy) is 1. The van der Waals surface area contributed by atoms with Crippen molar-refractivity contribution in [2.24, 2.45) is 5.73 Å². The number of β-lactam (4-membered cyclic amide) rings is 1. The van der Waals surface area contributed by atoms with Crippen molar-refractivity contribution in [3.63, 3.8) is 0 Å². The van der Waals surface area contributed by atoms with Crippen molar-refractivity contribution in [2.45, 2.75) is 30.7 Å². The first kappa shape index (κ1) is 16.1. The molecule has 2 amide bonds. The van der Waals surface area contributed by atoms with Crippen LogP contribution in [0.5, 0.6) is 0 Å². The van der Waals surface area contributed by atoms with Crippen LogP contribution in [-0.4, -0.2) is 69.7 Å². The van der Waals surface area contributed by atoms with Gasteiger partial charge in [0.05, 0.1) is 0 Å². The summed E-state index contributed by atoms with van der Waals surface area (Å²) in [5.41, 5.74) is 6.03. The van der Waals surface area contributed by atoms with Gasteiger partial charge in [0.25, 0.3) is 0 Å². The van der Waals surface area contributed by atoms with Gasteiger partial charge in [0.15, 0.2) is 0 Å². The smallest absolute Gasteiger partial charge is 0.410 e. The summed E-state index contributed by atoms with van der Waals surface area (Å²) in [6.45, 7) is 1.22. The van der Waals surface area contributed by atoms with E-state index in [0.717, 1.165) is 19.3 Å². The molecule has 2 atom stereocenters. The van der Waals surface area contributed by atoms with E-state index < -0.39 is 24.0 Å². The van der Waals surface area contributed by atoms with Gasteiger partial charge in [0.1, 0.15) is 23.7 Å². The maximum Gasteiger partial charge on any atom is 0.410 e. The predicted octanol–water partition coefficient (Wildman–Crippen LogP) is 0.190. The number of carbonyl (C=O) groups excluding carboxylic acids is 2. The van der Waals surface area contributed by atoms with E-state index >= 15 is 0 Å². The van der Waals surface area contributed by atoms with Gasteiger partial charge in [0.2, 0.25) is 5.91 Å². The van der Waals surface area contributed by atoms with E-state index in [1.165, 1.54) is 16.7 Å². The number of nitrogens with zero attached hydrogens (tertiary/aromatic N) is 2. The third-order valence-corrected chi connectivity index (χ3v) is 5.64. The number of likely N-dealkylation sites (tertiary alicyclic amines) is 1. The van der Waals surface area contributed by atoms with Gasteiger partial charge in [-0.25, -0.2) is 9.59 Å².